The zero-order chi connectivity index (χ0) is 14.7. The van der Waals surface area contributed by atoms with Crippen LogP contribution in [0.3, 0.4) is 0 Å². The van der Waals surface area contributed by atoms with Crippen LogP contribution >= 0.6 is 0 Å². The summed E-state index contributed by atoms with van der Waals surface area (Å²) in [5.74, 6) is -1.88. The fourth-order valence-electron chi connectivity index (χ4n) is 2.72. The smallest absolute Gasteiger partial charge is 0.338 e. The Morgan fingerprint density at radius 3 is 2.85 bits per heavy atom. The van der Waals surface area contributed by atoms with Crippen LogP contribution in [0.1, 0.15) is 29.3 Å². The van der Waals surface area contributed by atoms with Gasteiger partial charge in [0.2, 0.25) is 0 Å². The highest BCUT2D eigenvalue weighted by atomic mass is 19.1. The van der Waals surface area contributed by atoms with Gasteiger partial charge in [0.05, 0.1) is 5.56 Å². The number of aromatic carboxylic acids is 1. The molecule has 110 valence electrons. The summed E-state index contributed by atoms with van der Waals surface area (Å²) < 4.78 is 13.7. The largest absolute Gasteiger partial charge is 0.478 e. The van der Waals surface area contributed by atoms with E-state index < -0.39 is 11.8 Å². The van der Waals surface area contributed by atoms with Crippen molar-refractivity contribution in [1.29, 1.82) is 0 Å². The minimum atomic E-state index is -1.22. The monoisotopic (exact) mass is 280 g/mol. The number of hydrogen-bond donors (Lipinski definition) is 1. The zero-order valence-corrected chi connectivity index (χ0v) is 12.0. The number of nitrogens with zero attached hydrogens (tertiary/aromatic N) is 2. The van der Waals surface area contributed by atoms with Crippen LogP contribution in [-0.4, -0.2) is 53.6 Å². The molecule has 1 aromatic rings. The second-order valence-corrected chi connectivity index (χ2v) is 5.55. The molecule has 0 saturated carbocycles. The maximum absolute atomic E-state index is 13.7. The number of carbonyl (C=O) groups is 1. The topological polar surface area (TPSA) is 43.8 Å². The fourth-order valence-corrected chi connectivity index (χ4v) is 2.72. The Kier molecular flexibility index (Phi) is 4.73. The summed E-state index contributed by atoms with van der Waals surface area (Å²) in [6, 6.07) is 4.80. The van der Waals surface area contributed by atoms with Crippen LogP contribution in [0.5, 0.6) is 0 Å². The Labute approximate surface area is 118 Å². The maximum atomic E-state index is 13.7. The Morgan fingerprint density at radius 1 is 1.45 bits per heavy atom. The summed E-state index contributed by atoms with van der Waals surface area (Å²) >= 11 is 0. The van der Waals surface area contributed by atoms with Crippen LogP contribution in [0.4, 0.5) is 4.39 Å². The van der Waals surface area contributed by atoms with E-state index in [1.165, 1.54) is 12.1 Å². The van der Waals surface area contributed by atoms with Crippen LogP contribution in [0.25, 0.3) is 0 Å². The predicted octanol–water partition coefficient (Wildman–Crippen LogP) is 2.05. The molecule has 1 N–H and O–H groups in total. The second kappa shape index (κ2) is 6.33. The van der Waals surface area contributed by atoms with Crippen molar-refractivity contribution in [1.82, 2.24) is 9.80 Å². The summed E-state index contributed by atoms with van der Waals surface area (Å²) in [4.78, 5) is 15.4. The van der Waals surface area contributed by atoms with Crippen molar-refractivity contribution in [3.05, 3.63) is 35.1 Å². The molecule has 0 amide bonds. The molecule has 1 saturated heterocycles. The quantitative estimate of drug-likeness (QED) is 0.920. The molecule has 0 bridgehead atoms. The first-order valence-electron chi connectivity index (χ1n) is 6.91. The highest BCUT2D eigenvalue weighted by Gasteiger charge is 2.20. The van der Waals surface area contributed by atoms with E-state index in [1.54, 1.807) is 6.07 Å². The van der Waals surface area contributed by atoms with E-state index in [2.05, 4.69) is 23.8 Å². The first-order valence-corrected chi connectivity index (χ1v) is 6.91. The Morgan fingerprint density at radius 2 is 2.20 bits per heavy atom. The van der Waals surface area contributed by atoms with Crippen LogP contribution in [0, 0.1) is 5.82 Å². The van der Waals surface area contributed by atoms with Gasteiger partial charge in [0.15, 0.2) is 0 Å². The lowest BCUT2D eigenvalue weighted by Crippen LogP contribution is -2.37. The third-order valence-electron chi connectivity index (χ3n) is 3.83. The highest BCUT2D eigenvalue weighted by Crippen LogP contribution is 2.16. The van der Waals surface area contributed by atoms with Gasteiger partial charge in [0.1, 0.15) is 5.82 Å². The molecule has 0 aliphatic carbocycles. The van der Waals surface area contributed by atoms with Crippen LogP contribution < -0.4 is 0 Å². The summed E-state index contributed by atoms with van der Waals surface area (Å²) in [6.45, 7) is 5.88. The average Bonchev–Trinajstić information content (AvgIpc) is 2.51. The summed E-state index contributed by atoms with van der Waals surface area (Å²) in [5.41, 5.74) is 0.557. The SMILES string of the molecule is CC1CN(C)CCCN1Cc1ccc(C(=O)O)c(F)c1. The standard InChI is InChI=1S/C15H21FN2O2/c1-11-9-17(2)6-3-7-18(11)10-12-4-5-13(15(19)20)14(16)8-12/h4-5,8,11H,3,6-7,9-10H2,1-2H3,(H,19,20). The first kappa shape index (κ1) is 14.9. The van der Waals surface area contributed by atoms with Gasteiger partial charge in [-0.15, -0.1) is 0 Å². The lowest BCUT2D eigenvalue weighted by atomic mass is 10.1. The van der Waals surface area contributed by atoms with E-state index in [1.807, 2.05) is 0 Å². The number of benzene rings is 1. The molecule has 4 nitrogen and oxygen atoms in total. The van der Waals surface area contributed by atoms with Crippen molar-refractivity contribution >= 4 is 5.97 Å². The number of carboxylic acid groups (broad SMARTS) is 1. The maximum Gasteiger partial charge on any atom is 0.338 e. The number of hydrogen-bond acceptors (Lipinski definition) is 3. The second-order valence-electron chi connectivity index (χ2n) is 5.55. The van der Waals surface area contributed by atoms with E-state index in [9.17, 15) is 9.18 Å². The van der Waals surface area contributed by atoms with Crippen molar-refractivity contribution in [2.45, 2.75) is 25.9 Å². The van der Waals surface area contributed by atoms with Gasteiger partial charge >= 0.3 is 5.97 Å². The zero-order valence-electron chi connectivity index (χ0n) is 12.0. The molecule has 1 heterocycles. The van der Waals surface area contributed by atoms with Gasteiger partial charge in [-0.1, -0.05) is 6.07 Å². The number of halogens is 1. The molecule has 1 aliphatic heterocycles. The van der Waals surface area contributed by atoms with E-state index in [0.29, 0.717) is 12.6 Å². The average molecular weight is 280 g/mol. The molecule has 1 fully saturated rings. The minimum Gasteiger partial charge on any atom is -0.478 e. The lowest BCUT2D eigenvalue weighted by molar-refractivity contribution is 0.0692. The van der Waals surface area contributed by atoms with Gasteiger partial charge in [-0.3, -0.25) is 4.90 Å². The minimum absolute atomic E-state index is 0.266. The van der Waals surface area contributed by atoms with Gasteiger partial charge < -0.3 is 10.0 Å². The van der Waals surface area contributed by atoms with Crippen molar-refractivity contribution in [3.63, 3.8) is 0 Å². The van der Waals surface area contributed by atoms with E-state index in [4.69, 9.17) is 5.11 Å². The molecule has 20 heavy (non-hydrogen) atoms. The van der Waals surface area contributed by atoms with E-state index >= 15 is 0 Å². The van der Waals surface area contributed by atoms with Gasteiger partial charge in [0.25, 0.3) is 0 Å². The van der Waals surface area contributed by atoms with Crippen molar-refractivity contribution in [3.8, 4) is 0 Å². The highest BCUT2D eigenvalue weighted by molar-refractivity contribution is 5.87. The lowest BCUT2D eigenvalue weighted by Gasteiger charge is -2.27. The third-order valence-corrected chi connectivity index (χ3v) is 3.83. The molecule has 2 rings (SSSR count). The first-order chi connectivity index (χ1) is 9.47. The number of rotatable bonds is 3. The summed E-state index contributed by atoms with van der Waals surface area (Å²) in [5, 5.41) is 8.83. The third kappa shape index (κ3) is 3.55. The van der Waals surface area contributed by atoms with E-state index in [-0.39, 0.29) is 5.56 Å². The van der Waals surface area contributed by atoms with Crippen LogP contribution in [0.15, 0.2) is 18.2 Å². The molecule has 5 heteroatoms. The fraction of sp³-hybridized carbons (Fsp3) is 0.533. The van der Waals surface area contributed by atoms with Gasteiger partial charge in [-0.2, -0.15) is 0 Å². The predicted molar refractivity (Wildman–Crippen MR) is 75.3 cm³/mol. The molecular weight excluding hydrogens is 259 g/mol. The van der Waals surface area contributed by atoms with Crippen LogP contribution in [0.2, 0.25) is 0 Å². The molecule has 1 atom stereocenters. The van der Waals surface area contributed by atoms with Gasteiger partial charge in [-0.05, 0) is 44.6 Å². The number of likely N-dealkylation sites (N-methyl/N-ethyl adjacent to an activating group) is 1. The molecule has 0 radical (unpaired) electrons. The van der Waals surface area contributed by atoms with Gasteiger partial charge in [0, 0.05) is 25.7 Å². The molecule has 1 aromatic carbocycles. The summed E-state index contributed by atoms with van der Waals surface area (Å²) in [7, 11) is 2.11. The van der Waals surface area contributed by atoms with Gasteiger partial charge in [-0.25, -0.2) is 9.18 Å². The van der Waals surface area contributed by atoms with Crippen molar-refractivity contribution in [2.24, 2.45) is 0 Å². The number of carboxylic acids is 1. The Hall–Kier alpha value is -1.46. The molecule has 0 spiro atoms. The van der Waals surface area contributed by atoms with Crippen molar-refractivity contribution in [2.75, 3.05) is 26.7 Å². The molecular formula is C15H21FN2O2. The molecule has 0 aromatic heterocycles. The summed E-state index contributed by atoms with van der Waals surface area (Å²) in [6.07, 6.45) is 1.09. The van der Waals surface area contributed by atoms with E-state index in [0.717, 1.165) is 31.6 Å². The Bertz CT molecular complexity index is 493. The molecule has 1 aliphatic rings. The normalized spacial score (nSPS) is 21.6. The van der Waals surface area contributed by atoms with Crippen molar-refractivity contribution < 1.29 is 14.3 Å². The Balaban J connectivity index is 2.09. The molecule has 1 unspecified atom stereocenters. The van der Waals surface area contributed by atoms with Crippen LogP contribution in [-0.2, 0) is 6.54 Å².